The third-order valence-corrected chi connectivity index (χ3v) is 1.16. The van der Waals surface area contributed by atoms with Crippen molar-refractivity contribution < 1.29 is 9.59 Å². The summed E-state index contributed by atoms with van der Waals surface area (Å²) in [5, 5.41) is 2.30. The van der Waals surface area contributed by atoms with E-state index in [1.165, 1.54) is 6.20 Å². The average Bonchev–Trinajstić information content (AvgIpc) is 2.06. The highest BCUT2D eigenvalue weighted by atomic mass is 16.1. The molecule has 0 fully saturated rings. The fourth-order valence-electron chi connectivity index (χ4n) is 0.689. The van der Waals surface area contributed by atoms with Crippen molar-refractivity contribution in [1.82, 2.24) is 4.98 Å². The molecule has 4 heteroatoms. The van der Waals surface area contributed by atoms with Gasteiger partial charge in [-0.15, -0.1) is 0 Å². The van der Waals surface area contributed by atoms with Gasteiger partial charge in [0.2, 0.25) is 6.41 Å². The molecule has 0 saturated carbocycles. The van der Waals surface area contributed by atoms with E-state index in [9.17, 15) is 9.59 Å². The van der Waals surface area contributed by atoms with Crippen LogP contribution in [0.2, 0.25) is 0 Å². The summed E-state index contributed by atoms with van der Waals surface area (Å²) in [6.45, 7) is 0. The Morgan fingerprint density at radius 3 is 2.91 bits per heavy atom. The van der Waals surface area contributed by atoms with Crippen LogP contribution in [-0.2, 0) is 4.79 Å². The summed E-state index contributed by atoms with van der Waals surface area (Å²) in [4.78, 5) is 24.0. The maximum atomic E-state index is 10.3. The summed E-state index contributed by atoms with van der Waals surface area (Å²) in [6, 6.07) is 3.20. The first-order chi connectivity index (χ1) is 5.38. The second kappa shape index (κ2) is 3.46. The first kappa shape index (κ1) is 7.40. The van der Waals surface area contributed by atoms with Gasteiger partial charge >= 0.3 is 0 Å². The van der Waals surface area contributed by atoms with Crippen LogP contribution in [0.25, 0.3) is 0 Å². The van der Waals surface area contributed by atoms with Gasteiger partial charge in [-0.1, -0.05) is 0 Å². The van der Waals surface area contributed by atoms with Gasteiger partial charge in [-0.2, -0.15) is 0 Å². The molecule has 0 unspecified atom stereocenters. The highest BCUT2D eigenvalue weighted by Crippen LogP contribution is 2.06. The van der Waals surface area contributed by atoms with Crippen LogP contribution in [0.1, 0.15) is 10.4 Å². The lowest BCUT2D eigenvalue weighted by Crippen LogP contribution is -2.00. The van der Waals surface area contributed by atoms with Crippen LogP contribution < -0.4 is 5.32 Å². The van der Waals surface area contributed by atoms with Crippen LogP contribution in [0.15, 0.2) is 18.3 Å². The number of hydrogen-bond acceptors (Lipinski definition) is 3. The fourth-order valence-corrected chi connectivity index (χ4v) is 0.689. The van der Waals surface area contributed by atoms with E-state index in [2.05, 4.69) is 10.3 Å². The van der Waals surface area contributed by atoms with Crippen LogP contribution in [-0.4, -0.2) is 17.7 Å². The van der Waals surface area contributed by atoms with Gasteiger partial charge in [0, 0.05) is 6.20 Å². The number of nitrogens with zero attached hydrogens (tertiary/aromatic N) is 1. The average molecular weight is 150 g/mol. The van der Waals surface area contributed by atoms with Crippen LogP contribution in [0.4, 0.5) is 5.82 Å². The third kappa shape index (κ3) is 1.61. The van der Waals surface area contributed by atoms with E-state index in [0.717, 1.165) is 0 Å². The molecule has 1 N–H and O–H groups in total. The van der Waals surface area contributed by atoms with Gasteiger partial charge in [0.15, 0.2) is 6.29 Å². The lowest BCUT2D eigenvalue weighted by Gasteiger charge is -1.98. The molecule has 56 valence electrons. The van der Waals surface area contributed by atoms with Crippen molar-refractivity contribution in [1.29, 1.82) is 0 Å². The van der Waals surface area contributed by atoms with Crippen molar-refractivity contribution in [2.45, 2.75) is 0 Å². The number of aromatic nitrogens is 1. The van der Waals surface area contributed by atoms with Gasteiger partial charge in [-0.3, -0.25) is 9.59 Å². The molecular weight excluding hydrogens is 144 g/mol. The second-order valence-corrected chi connectivity index (χ2v) is 1.82. The summed E-state index contributed by atoms with van der Waals surface area (Å²) in [7, 11) is 0. The Morgan fingerprint density at radius 1 is 1.45 bits per heavy atom. The molecule has 1 amide bonds. The van der Waals surface area contributed by atoms with Gasteiger partial charge in [0.05, 0.1) is 5.56 Å². The van der Waals surface area contributed by atoms with E-state index >= 15 is 0 Å². The summed E-state index contributed by atoms with van der Waals surface area (Å²) < 4.78 is 0. The summed E-state index contributed by atoms with van der Waals surface area (Å²) in [5.41, 5.74) is 0.375. The van der Waals surface area contributed by atoms with Crippen molar-refractivity contribution in [3.05, 3.63) is 23.9 Å². The SMILES string of the molecule is O=CNc1ncccc1C=O. The molecular formula is C7H6N2O2. The molecule has 1 heterocycles. The van der Waals surface area contributed by atoms with Crippen LogP contribution in [0.3, 0.4) is 0 Å². The number of nitrogens with one attached hydrogen (secondary N) is 1. The smallest absolute Gasteiger partial charge is 0.212 e. The maximum Gasteiger partial charge on any atom is 0.212 e. The first-order valence-electron chi connectivity index (χ1n) is 2.99. The van der Waals surface area contributed by atoms with Crippen LogP contribution >= 0.6 is 0 Å². The number of pyridine rings is 1. The number of hydrogen-bond donors (Lipinski definition) is 1. The van der Waals surface area contributed by atoms with Gasteiger partial charge in [0.1, 0.15) is 5.82 Å². The number of carbonyl (C=O) groups excluding carboxylic acids is 2. The molecule has 0 aromatic carbocycles. The van der Waals surface area contributed by atoms with E-state index in [1.807, 2.05) is 0 Å². The molecule has 1 rings (SSSR count). The number of amides is 1. The maximum absolute atomic E-state index is 10.3. The van der Waals surface area contributed by atoms with E-state index in [-0.39, 0.29) is 5.82 Å². The van der Waals surface area contributed by atoms with Crippen molar-refractivity contribution >= 4 is 18.5 Å². The van der Waals surface area contributed by atoms with Crippen molar-refractivity contribution in [2.75, 3.05) is 5.32 Å². The van der Waals surface area contributed by atoms with Crippen molar-refractivity contribution in [3.8, 4) is 0 Å². The highest BCUT2D eigenvalue weighted by molar-refractivity contribution is 5.86. The number of carbonyl (C=O) groups is 2. The van der Waals surface area contributed by atoms with E-state index in [0.29, 0.717) is 18.3 Å². The van der Waals surface area contributed by atoms with Crippen molar-refractivity contribution in [2.24, 2.45) is 0 Å². The molecule has 0 aliphatic rings. The minimum atomic E-state index is 0.289. The number of aldehydes is 1. The molecule has 0 atom stereocenters. The quantitative estimate of drug-likeness (QED) is 0.637. The first-order valence-corrected chi connectivity index (χ1v) is 2.99. The molecule has 0 radical (unpaired) electrons. The molecule has 0 spiro atoms. The number of rotatable bonds is 3. The van der Waals surface area contributed by atoms with Gasteiger partial charge < -0.3 is 5.32 Å². The molecule has 11 heavy (non-hydrogen) atoms. The summed E-state index contributed by atoms with van der Waals surface area (Å²) in [5.74, 6) is 0.289. The molecule has 1 aromatic rings. The molecule has 0 bridgehead atoms. The van der Waals surface area contributed by atoms with Gasteiger partial charge in [-0.25, -0.2) is 4.98 Å². The van der Waals surface area contributed by atoms with Crippen LogP contribution in [0.5, 0.6) is 0 Å². The zero-order valence-corrected chi connectivity index (χ0v) is 5.65. The Kier molecular flexibility index (Phi) is 2.32. The topological polar surface area (TPSA) is 59.1 Å². The zero-order valence-electron chi connectivity index (χ0n) is 5.65. The van der Waals surface area contributed by atoms with Crippen LogP contribution in [0, 0.1) is 0 Å². The number of anilines is 1. The molecule has 0 aliphatic heterocycles. The van der Waals surface area contributed by atoms with Crippen molar-refractivity contribution in [3.63, 3.8) is 0 Å². The van der Waals surface area contributed by atoms with E-state index < -0.39 is 0 Å². The Hall–Kier alpha value is -1.71. The standard InChI is InChI=1S/C7H6N2O2/c10-4-6-2-1-3-8-7(6)9-5-11/h1-5H,(H,8,9,11). The molecule has 0 aliphatic carbocycles. The second-order valence-electron chi connectivity index (χ2n) is 1.82. The minimum Gasteiger partial charge on any atom is -0.313 e. The Balaban J connectivity index is 3.01. The largest absolute Gasteiger partial charge is 0.313 e. The molecule has 1 aromatic heterocycles. The third-order valence-electron chi connectivity index (χ3n) is 1.16. The fraction of sp³-hybridized carbons (Fsp3) is 0. The lowest BCUT2D eigenvalue weighted by atomic mass is 10.3. The Morgan fingerprint density at radius 2 is 2.27 bits per heavy atom. The van der Waals surface area contributed by atoms with E-state index in [4.69, 9.17) is 0 Å². The minimum absolute atomic E-state index is 0.289. The zero-order chi connectivity index (χ0) is 8.10. The lowest BCUT2D eigenvalue weighted by molar-refractivity contribution is -0.105. The molecule has 4 nitrogen and oxygen atoms in total. The predicted molar refractivity (Wildman–Crippen MR) is 39.3 cm³/mol. The Labute approximate surface area is 63.3 Å². The van der Waals surface area contributed by atoms with Gasteiger partial charge in [-0.05, 0) is 12.1 Å². The highest BCUT2D eigenvalue weighted by Gasteiger charge is 1.98. The predicted octanol–water partition coefficient (Wildman–Crippen LogP) is 0.462. The summed E-state index contributed by atoms with van der Waals surface area (Å²) >= 11 is 0. The van der Waals surface area contributed by atoms with Gasteiger partial charge in [0.25, 0.3) is 0 Å². The normalized spacial score (nSPS) is 8.73. The van der Waals surface area contributed by atoms with E-state index in [1.54, 1.807) is 12.1 Å². The summed E-state index contributed by atoms with van der Waals surface area (Å²) in [6.07, 6.45) is 2.62. The Bertz CT molecular complexity index is 273. The molecule has 0 saturated heterocycles. The monoisotopic (exact) mass is 150 g/mol.